The fraction of sp³-hybridized carbons (Fsp3) is 0.400. The molecule has 4 rings (SSSR count). The Balaban J connectivity index is 1.26. The molecule has 1 aliphatic heterocycles. The number of anilines is 1. The summed E-state index contributed by atoms with van der Waals surface area (Å²) >= 11 is 1.63. The Morgan fingerprint density at radius 2 is 1.93 bits per heavy atom. The van der Waals surface area contributed by atoms with Crippen molar-refractivity contribution in [2.75, 3.05) is 31.1 Å². The summed E-state index contributed by atoms with van der Waals surface area (Å²) < 4.78 is 5.61. The Kier molecular flexibility index (Phi) is 5.66. The Morgan fingerprint density at radius 3 is 2.64 bits per heavy atom. The number of aromatic nitrogens is 3. The van der Waals surface area contributed by atoms with Gasteiger partial charge >= 0.3 is 6.01 Å². The summed E-state index contributed by atoms with van der Waals surface area (Å²) in [5, 5.41) is 11.1. The molecule has 1 fully saturated rings. The van der Waals surface area contributed by atoms with E-state index >= 15 is 0 Å². The first-order chi connectivity index (χ1) is 13.7. The fourth-order valence-corrected chi connectivity index (χ4v) is 4.05. The lowest BCUT2D eigenvalue weighted by Crippen LogP contribution is -2.49. The van der Waals surface area contributed by atoms with Crippen LogP contribution >= 0.6 is 11.3 Å². The number of thiazole rings is 1. The normalized spacial score (nSPS) is 14.5. The molecule has 28 heavy (non-hydrogen) atoms. The summed E-state index contributed by atoms with van der Waals surface area (Å²) in [7, 11) is 0. The number of carbonyl (C=O) groups is 1. The zero-order valence-corrected chi connectivity index (χ0v) is 16.7. The second-order valence-electron chi connectivity index (χ2n) is 6.71. The summed E-state index contributed by atoms with van der Waals surface area (Å²) in [5.41, 5.74) is 2.10. The molecule has 0 unspecified atom stereocenters. The molecule has 1 amide bonds. The number of carbonyl (C=O) groups excluding carboxylic acids is 1. The van der Waals surface area contributed by atoms with Crippen LogP contribution in [0, 0.1) is 0 Å². The highest BCUT2D eigenvalue weighted by molar-refractivity contribution is 7.13. The van der Waals surface area contributed by atoms with E-state index in [4.69, 9.17) is 4.42 Å². The Labute approximate surface area is 168 Å². The van der Waals surface area contributed by atoms with E-state index in [0.29, 0.717) is 50.9 Å². The van der Waals surface area contributed by atoms with Crippen molar-refractivity contribution in [3.63, 3.8) is 0 Å². The highest BCUT2D eigenvalue weighted by atomic mass is 32.1. The van der Waals surface area contributed by atoms with Crippen molar-refractivity contribution in [3.8, 4) is 10.6 Å². The van der Waals surface area contributed by atoms with Gasteiger partial charge in [-0.2, -0.15) is 0 Å². The number of amides is 1. The van der Waals surface area contributed by atoms with Crippen molar-refractivity contribution < 1.29 is 9.21 Å². The van der Waals surface area contributed by atoms with Crippen molar-refractivity contribution in [1.82, 2.24) is 20.1 Å². The van der Waals surface area contributed by atoms with E-state index in [-0.39, 0.29) is 5.91 Å². The number of nitrogens with zero attached hydrogens (tertiary/aromatic N) is 5. The lowest BCUT2D eigenvalue weighted by molar-refractivity contribution is -0.131. The quantitative estimate of drug-likeness (QED) is 0.636. The second-order valence-corrected chi connectivity index (χ2v) is 7.57. The maximum atomic E-state index is 12.6. The lowest BCUT2D eigenvalue weighted by Gasteiger charge is -2.33. The molecule has 0 radical (unpaired) electrons. The van der Waals surface area contributed by atoms with Crippen molar-refractivity contribution in [2.24, 2.45) is 0 Å². The van der Waals surface area contributed by atoms with Gasteiger partial charge in [-0.25, -0.2) is 4.98 Å². The van der Waals surface area contributed by atoms with Crippen LogP contribution < -0.4 is 4.90 Å². The van der Waals surface area contributed by atoms with Crippen LogP contribution in [0.4, 0.5) is 6.01 Å². The van der Waals surface area contributed by atoms with Crippen LogP contribution in [0.5, 0.6) is 0 Å². The third-order valence-electron chi connectivity index (χ3n) is 4.83. The average Bonchev–Trinajstić information content (AvgIpc) is 3.42. The maximum Gasteiger partial charge on any atom is 0.318 e. The largest absolute Gasteiger partial charge is 0.408 e. The third-order valence-corrected chi connectivity index (χ3v) is 5.77. The van der Waals surface area contributed by atoms with Gasteiger partial charge < -0.3 is 14.2 Å². The molecule has 1 aromatic carbocycles. The van der Waals surface area contributed by atoms with Crippen molar-refractivity contribution in [2.45, 2.75) is 26.2 Å². The number of hydrogen-bond acceptors (Lipinski definition) is 7. The molecule has 0 bridgehead atoms. The Morgan fingerprint density at radius 1 is 1.14 bits per heavy atom. The van der Waals surface area contributed by atoms with Gasteiger partial charge in [-0.3, -0.25) is 4.79 Å². The predicted molar refractivity (Wildman–Crippen MR) is 108 cm³/mol. The second kappa shape index (κ2) is 8.52. The molecule has 1 aliphatic rings. The van der Waals surface area contributed by atoms with Crippen molar-refractivity contribution in [1.29, 1.82) is 0 Å². The van der Waals surface area contributed by atoms with Crippen LogP contribution in [0.15, 0.2) is 40.1 Å². The summed E-state index contributed by atoms with van der Waals surface area (Å²) in [6, 6.07) is 10.7. The lowest BCUT2D eigenvalue weighted by atomic mass is 10.2. The number of rotatable bonds is 6. The van der Waals surface area contributed by atoms with E-state index in [0.717, 1.165) is 22.7 Å². The summed E-state index contributed by atoms with van der Waals surface area (Å²) in [6.45, 7) is 4.76. The molecule has 0 spiro atoms. The fourth-order valence-electron chi connectivity index (χ4n) is 3.19. The number of hydrogen-bond donors (Lipinski definition) is 0. The van der Waals surface area contributed by atoms with E-state index < -0.39 is 0 Å². The predicted octanol–water partition coefficient (Wildman–Crippen LogP) is 3.04. The van der Waals surface area contributed by atoms with E-state index in [1.165, 1.54) is 0 Å². The highest BCUT2D eigenvalue weighted by Crippen LogP contribution is 2.24. The van der Waals surface area contributed by atoms with Crippen molar-refractivity contribution >= 4 is 23.3 Å². The van der Waals surface area contributed by atoms with Crippen LogP contribution in [-0.2, 0) is 17.6 Å². The van der Waals surface area contributed by atoms with Crippen LogP contribution in [0.25, 0.3) is 10.6 Å². The van der Waals surface area contributed by atoms with E-state index in [9.17, 15) is 4.79 Å². The summed E-state index contributed by atoms with van der Waals surface area (Å²) in [5.74, 6) is 0.820. The van der Waals surface area contributed by atoms with E-state index in [1.54, 1.807) is 11.3 Å². The summed E-state index contributed by atoms with van der Waals surface area (Å²) in [6.07, 6.45) is 1.89. The van der Waals surface area contributed by atoms with Gasteiger partial charge in [-0.1, -0.05) is 42.4 Å². The van der Waals surface area contributed by atoms with Gasteiger partial charge in [0.1, 0.15) is 5.01 Å². The number of benzene rings is 1. The molecule has 146 valence electrons. The standard InChI is InChI=1S/C20H23N5O2S/c1-2-17-22-23-20(27-17)25-12-10-24(11-13-25)18(26)9-8-16-14-28-19(21-16)15-6-4-3-5-7-15/h3-7,14H,2,8-13H2,1H3. The first-order valence-electron chi connectivity index (χ1n) is 9.58. The van der Waals surface area contributed by atoms with E-state index in [2.05, 4.69) is 32.7 Å². The summed E-state index contributed by atoms with van der Waals surface area (Å²) in [4.78, 5) is 21.2. The Hall–Kier alpha value is -2.74. The average molecular weight is 398 g/mol. The molecule has 3 heterocycles. The highest BCUT2D eigenvalue weighted by Gasteiger charge is 2.24. The SMILES string of the molecule is CCc1nnc(N2CCN(C(=O)CCc3csc(-c4ccccc4)n3)CC2)o1. The van der Waals surface area contributed by atoms with Gasteiger partial charge in [0.15, 0.2) is 0 Å². The van der Waals surface area contributed by atoms with Crippen LogP contribution in [-0.4, -0.2) is 52.2 Å². The molecule has 3 aromatic rings. The van der Waals surface area contributed by atoms with Gasteiger partial charge in [-0.15, -0.1) is 16.4 Å². The molecular weight excluding hydrogens is 374 g/mol. The minimum Gasteiger partial charge on any atom is -0.408 e. The molecule has 0 aliphatic carbocycles. The molecule has 0 atom stereocenters. The first kappa shape index (κ1) is 18.6. The monoisotopic (exact) mass is 397 g/mol. The van der Waals surface area contributed by atoms with E-state index in [1.807, 2.05) is 34.9 Å². The van der Waals surface area contributed by atoms with Gasteiger partial charge in [-0.05, 0) is 6.42 Å². The molecular formula is C20H23N5O2S. The van der Waals surface area contributed by atoms with Gasteiger partial charge in [0, 0.05) is 50.0 Å². The number of aryl methyl sites for hydroxylation is 2. The third kappa shape index (κ3) is 4.22. The number of piperazine rings is 1. The zero-order chi connectivity index (χ0) is 19.3. The van der Waals surface area contributed by atoms with Gasteiger partial charge in [0.25, 0.3) is 0 Å². The molecule has 8 heteroatoms. The molecule has 0 N–H and O–H groups in total. The van der Waals surface area contributed by atoms with Gasteiger partial charge in [0.2, 0.25) is 11.8 Å². The minimum absolute atomic E-state index is 0.175. The van der Waals surface area contributed by atoms with Crippen LogP contribution in [0.1, 0.15) is 24.9 Å². The first-order valence-corrected chi connectivity index (χ1v) is 10.5. The smallest absolute Gasteiger partial charge is 0.318 e. The maximum absolute atomic E-state index is 12.6. The topological polar surface area (TPSA) is 75.4 Å². The molecule has 2 aromatic heterocycles. The molecule has 0 saturated carbocycles. The van der Waals surface area contributed by atoms with Crippen molar-refractivity contribution in [3.05, 3.63) is 47.3 Å². The van der Waals surface area contributed by atoms with Crippen LogP contribution in [0.2, 0.25) is 0 Å². The zero-order valence-electron chi connectivity index (χ0n) is 15.9. The minimum atomic E-state index is 0.175. The van der Waals surface area contributed by atoms with Crippen LogP contribution in [0.3, 0.4) is 0 Å². The Bertz CT molecular complexity index is 916. The van der Waals surface area contributed by atoms with Gasteiger partial charge in [0.05, 0.1) is 5.69 Å². The molecule has 7 nitrogen and oxygen atoms in total. The molecule has 1 saturated heterocycles.